The first-order valence-corrected chi connectivity index (χ1v) is 9.62. The second-order valence-electron chi connectivity index (χ2n) is 8.72. The third kappa shape index (κ3) is 5.95. The topological polar surface area (TPSA) is 91.7 Å². The van der Waals surface area contributed by atoms with Gasteiger partial charge in [0.1, 0.15) is 11.3 Å². The van der Waals surface area contributed by atoms with E-state index in [9.17, 15) is 23.8 Å². The SMILES string of the molecule is CC(C)(C)OC(=O)NCC(O)(c1cc(C(C)(C)O)c(F)c(-c2ccccc2)n1)C(F)F. The van der Waals surface area contributed by atoms with Crippen LogP contribution in [-0.4, -0.2) is 39.9 Å². The van der Waals surface area contributed by atoms with E-state index in [1.54, 1.807) is 39.0 Å². The molecule has 1 aromatic heterocycles. The van der Waals surface area contributed by atoms with Crippen LogP contribution >= 0.6 is 0 Å². The zero-order valence-corrected chi connectivity index (χ0v) is 18.0. The van der Waals surface area contributed by atoms with Gasteiger partial charge in [-0.3, -0.25) is 0 Å². The highest BCUT2D eigenvalue weighted by molar-refractivity contribution is 5.68. The van der Waals surface area contributed by atoms with Crippen molar-refractivity contribution in [3.8, 4) is 11.3 Å². The lowest BCUT2D eigenvalue weighted by Gasteiger charge is -2.30. The summed E-state index contributed by atoms with van der Waals surface area (Å²) in [5, 5.41) is 23.3. The normalized spacial score (nSPS) is 14.3. The third-order valence-corrected chi connectivity index (χ3v) is 4.37. The van der Waals surface area contributed by atoms with Crippen molar-refractivity contribution in [2.45, 2.75) is 57.8 Å². The monoisotopic (exact) mass is 440 g/mol. The summed E-state index contributed by atoms with van der Waals surface area (Å²) in [4.78, 5) is 15.9. The number of aromatic nitrogens is 1. The van der Waals surface area contributed by atoms with Gasteiger partial charge in [-0.15, -0.1) is 0 Å². The Kier molecular flexibility index (Phi) is 7.02. The van der Waals surface area contributed by atoms with Crippen molar-refractivity contribution in [1.82, 2.24) is 10.3 Å². The maximum atomic E-state index is 15.1. The minimum Gasteiger partial charge on any atom is -0.444 e. The summed E-state index contributed by atoms with van der Waals surface area (Å²) in [6, 6.07) is 8.81. The van der Waals surface area contributed by atoms with E-state index in [0.717, 1.165) is 6.07 Å². The van der Waals surface area contributed by atoms with Crippen LogP contribution in [0.5, 0.6) is 0 Å². The van der Waals surface area contributed by atoms with E-state index in [1.807, 2.05) is 0 Å². The van der Waals surface area contributed by atoms with Gasteiger partial charge in [0.25, 0.3) is 6.43 Å². The fourth-order valence-electron chi connectivity index (χ4n) is 2.78. The highest BCUT2D eigenvalue weighted by Gasteiger charge is 2.43. The molecule has 0 saturated carbocycles. The van der Waals surface area contributed by atoms with Gasteiger partial charge in [-0.1, -0.05) is 30.3 Å². The number of carbonyl (C=O) groups is 1. The lowest BCUT2D eigenvalue weighted by atomic mass is 9.90. The predicted molar refractivity (Wildman–Crippen MR) is 109 cm³/mol. The van der Waals surface area contributed by atoms with Crippen LogP contribution in [0.25, 0.3) is 11.3 Å². The molecule has 3 N–H and O–H groups in total. The number of carbonyl (C=O) groups excluding carboxylic acids is 1. The number of nitrogens with zero attached hydrogens (tertiary/aromatic N) is 1. The van der Waals surface area contributed by atoms with Crippen molar-refractivity contribution in [2.75, 3.05) is 6.54 Å². The summed E-state index contributed by atoms with van der Waals surface area (Å²) < 4.78 is 48.1. The first kappa shape index (κ1) is 24.6. The predicted octanol–water partition coefficient (Wildman–Crippen LogP) is 4.09. The lowest BCUT2D eigenvalue weighted by molar-refractivity contribution is -0.102. The molecule has 0 aliphatic carbocycles. The molecule has 1 amide bonds. The smallest absolute Gasteiger partial charge is 0.407 e. The van der Waals surface area contributed by atoms with E-state index in [0.29, 0.717) is 0 Å². The summed E-state index contributed by atoms with van der Waals surface area (Å²) in [5.74, 6) is -0.904. The van der Waals surface area contributed by atoms with Crippen LogP contribution in [0, 0.1) is 5.82 Å². The van der Waals surface area contributed by atoms with E-state index >= 15 is 4.39 Å². The molecule has 6 nitrogen and oxygen atoms in total. The second kappa shape index (κ2) is 8.84. The van der Waals surface area contributed by atoms with Gasteiger partial charge in [0, 0.05) is 11.1 Å². The molecule has 0 bridgehead atoms. The number of pyridine rings is 1. The van der Waals surface area contributed by atoms with E-state index in [2.05, 4.69) is 10.3 Å². The molecule has 0 radical (unpaired) electrons. The van der Waals surface area contributed by atoms with E-state index in [1.165, 1.54) is 26.0 Å². The standard InChI is InChI=1S/C22H27F3N2O4/c1-20(2,3)31-19(28)26-12-22(30,18(24)25)15-11-14(21(4,5)29)16(23)17(27-15)13-9-7-6-8-10-13/h6-11,18,29-30H,12H2,1-5H3,(H,26,28). The number of aliphatic hydroxyl groups is 2. The third-order valence-electron chi connectivity index (χ3n) is 4.37. The van der Waals surface area contributed by atoms with E-state index in [-0.39, 0.29) is 16.8 Å². The number of ether oxygens (including phenoxy) is 1. The highest BCUT2D eigenvalue weighted by Crippen LogP contribution is 2.35. The Morgan fingerprint density at radius 2 is 1.71 bits per heavy atom. The number of alkyl halides is 2. The minimum absolute atomic E-state index is 0.268. The van der Waals surface area contributed by atoms with Crippen molar-refractivity contribution >= 4 is 6.09 Å². The average Bonchev–Trinajstić information content (AvgIpc) is 2.64. The Morgan fingerprint density at radius 3 is 2.19 bits per heavy atom. The van der Waals surface area contributed by atoms with Crippen LogP contribution in [0.1, 0.15) is 45.9 Å². The molecule has 2 aromatic rings. The molecule has 0 spiro atoms. The summed E-state index contributed by atoms with van der Waals surface area (Å²) in [6.07, 6.45) is -4.40. The molecule has 1 atom stereocenters. The number of halogens is 3. The van der Waals surface area contributed by atoms with Crippen LogP contribution in [0.3, 0.4) is 0 Å². The van der Waals surface area contributed by atoms with Crippen LogP contribution in [0.4, 0.5) is 18.0 Å². The molecule has 1 unspecified atom stereocenters. The molecule has 9 heteroatoms. The number of nitrogens with one attached hydrogen (secondary N) is 1. The summed E-state index contributed by atoms with van der Waals surface area (Å²) in [7, 11) is 0. The van der Waals surface area contributed by atoms with Gasteiger partial charge in [-0.25, -0.2) is 22.9 Å². The Hall–Kier alpha value is -2.65. The Morgan fingerprint density at radius 1 is 1.13 bits per heavy atom. The summed E-state index contributed by atoms with van der Waals surface area (Å²) in [5.41, 5.74) is -6.57. The zero-order valence-electron chi connectivity index (χ0n) is 18.0. The quantitative estimate of drug-likeness (QED) is 0.629. The molecule has 0 aliphatic rings. The van der Waals surface area contributed by atoms with Crippen molar-refractivity contribution in [3.63, 3.8) is 0 Å². The number of hydrogen-bond acceptors (Lipinski definition) is 5. The molecule has 1 aromatic carbocycles. The van der Waals surface area contributed by atoms with Crippen LogP contribution < -0.4 is 5.32 Å². The Labute approximate surface area is 179 Å². The zero-order chi connectivity index (χ0) is 23.6. The molecule has 0 fully saturated rings. The summed E-state index contributed by atoms with van der Waals surface area (Å²) in [6.45, 7) is 6.39. The van der Waals surface area contributed by atoms with Crippen molar-refractivity contribution in [3.05, 3.63) is 53.5 Å². The molecule has 1 heterocycles. The van der Waals surface area contributed by atoms with Gasteiger partial charge in [-0.2, -0.15) is 0 Å². The Balaban J connectivity index is 2.57. The fourth-order valence-corrected chi connectivity index (χ4v) is 2.78. The lowest BCUT2D eigenvalue weighted by Crippen LogP contribution is -2.47. The van der Waals surface area contributed by atoms with E-state index in [4.69, 9.17) is 4.74 Å². The molecular weight excluding hydrogens is 413 g/mol. The molecule has 0 aliphatic heterocycles. The van der Waals surface area contributed by atoms with Gasteiger partial charge in [0.05, 0.1) is 17.8 Å². The van der Waals surface area contributed by atoms with Crippen molar-refractivity contribution < 1.29 is 32.9 Å². The molecular formula is C22H27F3N2O4. The fraction of sp³-hybridized carbons (Fsp3) is 0.455. The number of hydrogen-bond donors (Lipinski definition) is 3. The van der Waals surface area contributed by atoms with Crippen molar-refractivity contribution in [2.24, 2.45) is 0 Å². The molecule has 0 saturated heterocycles. The van der Waals surface area contributed by atoms with Gasteiger partial charge in [0.15, 0.2) is 11.4 Å². The molecule has 170 valence electrons. The maximum absolute atomic E-state index is 15.1. The number of benzene rings is 1. The van der Waals surface area contributed by atoms with Crippen LogP contribution in [0.15, 0.2) is 36.4 Å². The van der Waals surface area contributed by atoms with Crippen LogP contribution in [-0.2, 0) is 15.9 Å². The summed E-state index contributed by atoms with van der Waals surface area (Å²) >= 11 is 0. The first-order valence-electron chi connectivity index (χ1n) is 9.62. The minimum atomic E-state index is -3.39. The van der Waals surface area contributed by atoms with Gasteiger partial charge < -0.3 is 20.3 Å². The van der Waals surface area contributed by atoms with E-state index < -0.39 is 47.4 Å². The maximum Gasteiger partial charge on any atom is 0.407 e. The highest BCUT2D eigenvalue weighted by atomic mass is 19.3. The van der Waals surface area contributed by atoms with Gasteiger partial charge >= 0.3 is 6.09 Å². The van der Waals surface area contributed by atoms with Crippen LogP contribution in [0.2, 0.25) is 0 Å². The molecule has 31 heavy (non-hydrogen) atoms. The Bertz CT molecular complexity index is 925. The largest absolute Gasteiger partial charge is 0.444 e. The van der Waals surface area contributed by atoms with Crippen molar-refractivity contribution in [1.29, 1.82) is 0 Å². The first-order chi connectivity index (χ1) is 14.1. The number of amides is 1. The molecule has 2 rings (SSSR count). The second-order valence-corrected chi connectivity index (χ2v) is 8.72. The number of alkyl carbamates (subject to hydrolysis) is 1. The number of rotatable bonds is 6. The van der Waals surface area contributed by atoms with Gasteiger partial charge in [-0.05, 0) is 40.7 Å². The van der Waals surface area contributed by atoms with Gasteiger partial charge in [0.2, 0.25) is 0 Å². The average molecular weight is 440 g/mol.